The molecule has 1 saturated heterocycles. The van der Waals surface area contributed by atoms with Crippen molar-refractivity contribution in [2.24, 2.45) is 5.92 Å². The molecule has 2 atom stereocenters. The summed E-state index contributed by atoms with van der Waals surface area (Å²) in [5.74, 6) is 0.676. The fourth-order valence-corrected chi connectivity index (χ4v) is 4.48. The molecule has 2 unspecified atom stereocenters. The van der Waals surface area contributed by atoms with Gasteiger partial charge in [0.15, 0.2) is 0 Å². The molecule has 2 aliphatic rings. The van der Waals surface area contributed by atoms with Crippen LogP contribution in [0.2, 0.25) is 0 Å². The van der Waals surface area contributed by atoms with Gasteiger partial charge in [-0.1, -0.05) is 50.1 Å². The van der Waals surface area contributed by atoms with Gasteiger partial charge in [-0.25, -0.2) is 0 Å². The quantitative estimate of drug-likeness (QED) is 0.856. The van der Waals surface area contributed by atoms with Crippen LogP contribution in [0.1, 0.15) is 51.0 Å². The maximum absolute atomic E-state index is 5.72. The summed E-state index contributed by atoms with van der Waals surface area (Å²) in [5.41, 5.74) is 1.87. The predicted octanol–water partition coefficient (Wildman–Crippen LogP) is 3.90. The average Bonchev–Trinajstić information content (AvgIpc) is 3.21. The van der Waals surface area contributed by atoms with Gasteiger partial charge in [0, 0.05) is 24.0 Å². The van der Waals surface area contributed by atoms with Gasteiger partial charge in [-0.15, -0.1) is 0 Å². The summed E-state index contributed by atoms with van der Waals surface area (Å²) in [6, 6.07) is 11.8. The number of nitrogens with one attached hydrogen (secondary N) is 1. The molecule has 1 aliphatic carbocycles. The van der Waals surface area contributed by atoms with Gasteiger partial charge in [-0.05, 0) is 37.8 Å². The first-order valence-corrected chi connectivity index (χ1v) is 8.73. The summed E-state index contributed by atoms with van der Waals surface area (Å²) in [4.78, 5) is 0. The summed E-state index contributed by atoms with van der Waals surface area (Å²) in [5, 5.41) is 3.91. The number of hydrogen-bond donors (Lipinski definition) is 1. The maximum atomic E-state index is 5.72. The third kappa shape index (κ3) is 3.02. The minimum atomic E-state index is 0.328. The second-order valence-corrected chi connectivity index (χ2v) is 6.78. The Morgan fingerprint density at radius 1 is 1.24 bits per heavy atom. The second kappa shape index (κ2) is 6.93. The molecule has 1 N–H and O–H groups in total. The Hall–Kier alpha value is -0.860. The van der Waals surface area contributed by atoms with Crippen LogP contribution in [0.3, 0.4) is 0 Å². The van der Waals surface area contributed by atoms with Crippen LogP contribution < -0.4 is 5.32 Å². The monoisotopic (exact) mass is 287 g/mol. The van der Waals surface area contributed by atoms with Gasteiger partial charge in [0.25, 0.3) is 0 Å². The minimum absolute atomic E-state index is 0.328. The molecule has 0 amide bonds. The van der Waals surface area contributed by atoms with E-state index in [1.807, 2.05) is 0 Å². The van der Waals surface area contributed by atoms with Crippen molar-refractivity contribution in [3.05, 3.63) is 35.9 Å². The van der Waals surface area contributed by atoms with Gasteiger partial charge in [-0.3, -0.25) is 0 Å². The van der Waals surface area contributed by atoms with E-state index in [-0.39, 0.29) is 0 Å². The third-order valence-electron chi connectivity index (χ3n) is 5.49. The lowest BCUT2D eigenvalue weighted by Gasteiger charge is -2.42. The van der Waals surface area contributed by atoms with Gasteiger partial charge < -0.3 is 10.1 Å². The van der Waals surface area contributed by atoms with Crippen molar-refractivity contribution >= 4 is 0 Å². The number of ether oxygens (including phenoxy) is 1. The van der Waals surface area contributed by atoms with E-state index in [0.717, 1.165) is 19.8 Å². The summed E-state index contributed by atoms with van der Waals surface area (Å²) in [6.45, 7) is 5.27. The number of rotatable bonds is 6. The maximum Gasteiger partial charge on any atom is 0.0510 e. The van der Waals surface area contributed by atoms with Crippen LogP contribution in [-0.4, -0.2) is 25.8 Å². The van der Waals surface area contributed by atoms with Crippen molar-refractivity contribution in [2.45, 2.75) is 56.9 Å². The molecule has 0 spiro atoms. The van der Waals surface area contributed by atoms with E-state index in [0.29, 0.717) is 17.4 Å². The standard InChI is InChI=1S/C19H29NO/c1-2-13-20-18(16-10-14-21-15-16)19(11-6-7-12-19)17-8-4-3-5-9-17/h3-5,8-9,16,18,20H,2,6-7,10-15H2,1H3. The van der Waals surface area contributed by atoms with Crippen LogP contribution in [0.5, 0.6) is 0 Å². The van der Waals surface area contributed by atoms with Gasteiger partial charge in [-0.2, -0.15) is 0 Å². The highest BCUT2D eigenvalue weighted by molar-refractivity contribution is 5.30. The first kappa shape index (κ1) is 15.1. The SMILES string of the molecule is CCCNC(C1CCOC1)C1(c2ccccc2)CCCC1. The van der Waals surface area contributed by atoms with Gasteiger partial charge >= 0.3 is 0 Å². The predicted molar refractivity (Wildman–Crippen MR) is 87.6 cm³/mol. The van der Waals surface area contributed by atoms with E-state index in [1.54, 1.807) is 5.56 Å². The molecular formula is C19H29NO. The first-order valence-electron chi connectivity index (χ1n) is 8.73. The van der Waals surface area contributed by atoms with E-state index in [4.69, 9.17) is 4.74 Å². The Bertz CT molecular complexity index is 418. The molecule has 1 aliphatic heterocycles. The molecule has 1 aromatic rings. The number of benzene rings is 1. The van der Waals surface area contributed by atoms with E-state index in [1.165, 1.54) is 38.5 Å². The Morgan fingerprint density at radius 3 is 2.62 bits per heavy atom. The lowest BCUT2D eigenvalue weighted by atomic mass is 9.68. The summed E-state index contributed by atoms with van der Waals surface area (Å²) in [7, 11) is 0. The third-order valence-corrected chi connectivity index (χ3v) is 5.49. The second-order valence-electron chi connectivity index (χ2n) is 6.78. The van der Waals surface area contributed by atoms with Gasteiger partial charge in [0.2, 0.25) is 0 Å². The molecule has 1 heterocycles. The molecule has 0 bridgehead atoms. The zero-order valence-corrected chi connectivity index (χ0v) is 13.3. The molecule has 3 rings (SSSR count). The van der Waals surface area contributed by atoms with Crippen molar-refractivity contribution in [3.8, 4) is 0 Å². The highest BCUT2D eigenvalue weighted by atomic mass is 16.5. The molecule has 116 valence electrons. The first-order chi connectivity index (χ1) is 10.4. The smallest absolute Gasteiger partial charge is 0.0510 e. The number of hydrogen-bond acceptors (Lipinski definition) is 2. The zero-order chi connectivity index (χ0) is 14.5. The van der Waals surface area contributed by atoms with Crippen LogP contribution in [-0.2, 0) is 10.2 Å². The molecule has 0 radical (unpaired) electrons. The summed E-state index contributed by atoms with van der Waals surface area (Å²) >= 11 is 0. The van der Waals surface area contributed by atoms with Crippen molar-refractivity contribution in [1.82, 2.24) is 5.32 Å². The van der Waals surface area contributed by atoms with E-state index < -0.39 is 0 Å². The Labute approximate surface area is 129 Å². The van der Waals surface area contributed by atoms with Crippen molar-refractivity contribution in [2.75, 3.05) is 19.8 Å². The molecule has 1 aromatic carbocycles. The average molecular weight is 287 g/mol. The van der Waals surface area contributed by atoms with Crippen LogP contribution in [0.4, 0.5) is 0 Å². The van der Waals surface area contributed by atoms with Crippen LogP contribution in [0, 0.1) is 5.92 Å². The summed E-state index contributed by atoms with van der Waals surface area (Å²) in [6.07, 6.45) is 7.81. The van der Waals surface area contributed by atoms with Crippen molar-refractivity contribution < 1.29 is 4.74 Å². The molecule has 21 heavy (non-hydrogen) atoms. The van der Waals surface area contributed by atoms with E-state index >= 15 is 0 Å². The molecule has 0 aromatic heterocycles. The van der Waals surface area contributed by atoms with E-state index in [9.17, 15) is 0 Å². The minimum Gasteiger partial charge on any atom is -0.381 e. The van der Waals surface area contributed by atoms with Crippen molar-refractivity contribution in [1.29, 1.82) is 0 Å². The highest BCUT2D eigenvalue weighted by Crippen LogP contribution is 2.46. The molecule has 2 nitrogen and oxygen atoms in total. The zero-order valence-electron chi connectivity index (χ0n) is 13.3. The Kier molecular flexibility index (Phi) is 4.97. The molecule has 2 fully saturated rings. The topological polar surface area (TPSA) is 21.3 Å². The van der Waals surface area contributed by atoms with Gasteiger partial charge in [0.1, 0.15) is 0 Å². The normalized spacial score (nSPS) is 26.0. The summed E-state index contributed by atoms with van der Waals surface area (Å²) < 4.78 is 5.72. The fraction of sp³-hybridized carbons (Fsp3) is 0.684. The van der Waals surface area contributed by atoms with Crippen LogP contribution in [0.25, 0.3) is 0 Å². The Balaban J connectivity index is 1.91. The molecule has 1 saturated carbocycles. The lowest BCUT2D eigenvalue weighted by Crippen LogP contribution is -2.52. The van der Waals surface area contributed by atoms with Crippen LogP contribution in [0.15, 0.2) is 30.3 Å². The van der Waals surface area contributed by atoms with Crippen molar-refractivity contribution in [3.63, 3.8) is 0 Å². The largest absolute Gasteiger partial charge is 0.381 e. The van der Waals surface area contributed by atoms with Gasteiger partial charge in [0.05, 0.1) is 6.61 Å². The fourth-order valence-electron chi connectivity index (χ4n) is 4.48. The lowest BCUT2D eigenvalue weighted by molar-refractivity contribution is 0.154. The van der Waals surface area contributed by atoms with Crippen LogP contribution >= 0.6 is 0 Å². The Morgan fingerprint density at radius 2 is 2.00 bits per heavy atom. The molecular weight excluding hydrogens is 258 g/mol. The highest BCUT2D eigenvalue weighted by Gasteiger charge is 2.46. The van der Waals surface area contributed by atoms with E-state index in [2.05, 4.69) is 42.6 Å². The molecule has 2 heteroatoms.